The van der Waals surface area contributed by atoms with E-state index in [1.807, 2.05) is 19.1 Å². The van der Waals surface area contributed by atoms with Gasteiger partial charge in [0.25, 0.3) is 0 Å². The van der Waals surface area contributed by atoms with E-state index in [4.69, 9.17) is 0 Å². The lowest BCUT2D eigenvalue weighted by atomic mass is 10.2. The molecule has 0 radical (unpaired) electrons. The fourth-order valence-corrected chi connectivity index (χ4v) is 2.58. The highest BCUT2D eigenvalue weighted by Gasteiger charge is 2.30. The molecule has 118 valence electrons. The summed E-state index contributed by atoms with van der Waals surface area (Å²) in [5.74, 6) is 0.689. The number of thiazole rings is 1. The Hall–Kier alpha value is -2.48. The van der Waals surface area contributed by atoms with Crippen molar-refractivity contribution in [1.29, 1.82) is 0 Å². The van der Waals surface area contributed by atoms with Crippen molar-refractivity contribution in [1.82, 2.24) is 15.0 Å². The third-order valence-electron chi connectivity index (χ3n) is 3.09. The van der Waals surface area contributed by atoms with Gasteiger partial charge in [-0.25, -0.2) is 9.97 Å². The van der Waals surface area contributed by atoms with Crippen LogP contribution in [0, 0.1) is 6.92 Å². The van der Waals surface area contributed by atoms with Gasteiger partial charge in [-0.3, -0.25) is 4.98 Å². The summed E-state index contributed by atoms with van der Waals surface area (Å²) in [6.07, 6.45) is -1.91. The van der Waals surface area contributed by atoms with Crippen molar-refractivity contribution in [2.45, 2.75) is 13.1 Å². The zero-order valence-corrected chi connectivity index (χ0v) is 12.7. The summed E-state index contributed by atoms with van der Waals surface area (Å²) >= 11 is 1.33. The molecule has 4 nitrogen and oxygen atoms in total. The van der Waals surface area contributed by atoms with E-state index >= 15 is 0 Å². The van der Waals surface area contributed by atoms with Crippen molar-refractivity contribution >= 4 is 22.3 Å². The minimum absolute atomic E-state index is 0.389. The molecular weight excluding hydrogens is 325 g/mol. The van der Waals surface area contributed by atoms with Gasteiger partial charge >= 0.3 is 6.18 Å². The van der Waals surface area contributed by atoms with E-state index in [0.717, 1.165) is 17.8 Å². The Morgan fingerprint density at radius 3 is 2.57 bits per heavy atom. The molecule has 0 atom stereocenters. The van der Waals surface area contributed by atoms with E-state index in [1.165, 1.54) is 17.4 Å². The van der Waals surface area contributed by atoms with Crippen LogP contribution in [-0.2, 0) is 6.18 Å². The van der Waals surface area contributed by atoms with Crippen LogP contribution in [0.4, 0.5) is 24.1 Å². The highest BCUT2D eigenvalue weighted by molar-refractivity contribution is 7.14. The number of aryl methyl sites for hydroxylation is 1. The van der Waals surface area contributed by atoms with Gasteiger partial charge in [-0.2, -0.15) is 13.2 Å². The minimum Gasteiger partial charge on any atom is -0.316 e. The van der Waals surface area contributed by atoms with Crippen LogP contribution in [0.25, 0.3) is 11.4 Å². The molecule has 3 heterocycles. The number of anilines is 2. The molecule has 0 aromatic carbocycles. The van der Waals surface area contributed by atoms with Gasteiger partial charge in [0.15, 0.2) is 5.13 Å². The second-order valence-electron chi connectivity index (χ2n) is 4.76. The van der Waals surface area contributed by atoms with Crippen LogP contribution in [0.15, 0.2) is 42.0 Å². The summed E-state index contributed by atoms with van der Waals surface area (Å²) in [5.41, 5.74) is 1.09. The Labute approximate surface area is 134 Å². The summed E-state index contributed by atoms with van der Waals surface area (Å²) in [4.78, 5) is 12.4. The van der Waals surface area contributed by atoms with Gasteiger partial charge in [-0.1, -0.05) is 6.07 Å². The van der Waals surface area contributed by atoms with E-state index in [9.17, 15) is 13.2 Å². The molecule has 0 saturated heterocycles. The van der Waals surface area contributed by atoms with E-state index in [-0.39, 0.29) is 0 Å². The molecule has 0 aliphatic carbocycles. The van der Waals surface area contributed by atoms with Crippen molar-refractivity contribution in [3.8, 4) is 11.4 Å². The third kappa shape index (κ3) is 3.48. The number of pyridine rings is 2. The molecule has 0 aliphatic heterocycles. The van der Waals surface area contributed by atoms with Crippen LogP contribution in [0.3, 0.4) is 0 Å². The molecule has 0 amide bonds. The van der Waals surface area contributed by atoms with Gasteiger partial charge in [0.05, 0.1) is 11.3 Å². The van der Waals surface area contributed by atoms with E-state index in [0.29, 0.717) is 22.3 Å². The number of rotatable bonds is 3. The molecule has 3 aromatic rings. The first-order valence-corrected chi connectivity index (χ1v) is 7.49. The number of hydrogen-bond acceptors (Lipinski definition) is 5. The van der Waals surface area contributed by atoms with E-state index in [2.05, 4.69) is 20.3 Å². The van der Waals surface area contributed by atoms with Gasteiger partial charge in [0.2, 0.25) is 0 Å². The monoisotopic (exact) mass is 336 g/mol. The maximum absolute atomic E-state index is 12.5. The zero-order chi connectivity index (χ0) is 16.4. The fourth-order valence-electron chi connectivity index (χ4n) is 1.88. The number of nitrogens with zero attached hydrogens (tertiary/aromatic N) is 3. The number of alkyl halides is 3. The molecule has 0 spiro atoms. The second-order valence-corrected chi connectivity index (χ2v) is 5.62. The molecule has 0 fully saturated rings. The molecule has 0 saturated carbocycles. The quantitative estimate of drug-likeness (QED) is 0.755. The predicted octanol–water partition coefficient (Wildman–Crippen LogP) is 4.67. The molecule has 0 unspecified atom stereocenters. The van der Waals surface area contributed by atoms with Crippen molar-refractivity contribution in [3.05, 3.63) is 53.2 Å². The molecular formula is C15H11F3N4S. The highest BCUT2D eigenvalue weighted by atomic mass is 32.1. The molecule has 8 heteroatoms. The Kier molecular flexibility index (Phi) is 3.99. The maximum Gasteiger partial charge on any atom is 0.417 e. The lowest BCUT2D eigenvalue weighted by Gasteiger charge is -2.06. The second kappa shape index (κ2) is 5.96. The van der Waals surface area contributed by atoms with Crippen molar-refractivity contribution in [3.63, 3.8) is 0 Å². The SMILES string of the molecule is Cc1cccnc1Nc1nc(-c2ccc(C(F)(F)F)cn2)cs1. The van der Waals surface area contributed by atoms with Gasteiger partial charge < -0.3 is 5.32 Å². The predicted molar refractivity (Wildman–Crippen MR) is 82.6 cm³/mol. The normalized spacial score (nSPS) is 11.5. The average Bonchev–Trinajstić information content (AvgIpc) is 2.97. The van der Waals surface area contributed by atoms with E-state index in [1.54, 1.807) is 11.6 Å². The standard InChI is InChI=1S/C15H11F3N4S/c1-9-3-2-6-19-13(9)22-14-21-12(8-23-14)11-5-4-10(7-20-11)15(16,17)18/h2-8H,1H3,(H,19,21,22). The highest BCUT2D eigenvalue weighted by Crippen LogP contribution is 2.31. The first kappa shape index (κ1) is 15.4. The maximum atomic E-state index is 12.5. The molecule has 0 bridgehead atoms. The lowest BCUT2D eigenvalue weighted by molar-refractivity contribution is -0.137. The number of nitrogens with one attached hydrogen (secondary N) is 1. The van der Waals surface area contributed by atoms with Gasteiger partial charge in [-0.05, 0) is 30.7 Å². The Bertz CT molecular complexity index is 812. The van der Waals surface area contributed by atoms with Crippen LogP contribution >= 0.6 is 11.3 Å². The Morgan fingerprint density at radius 2 is 1.91 bits per heavy atom. The summed E-state index contributed by atoms with van der Waals surface area (Å²) in [6, 6.07) is 6.06. The molecule has 1 N–H and O–H groups in total. The van der Waals surface area contributed by atoms with Crippen LogP contribution in [0.5, 0.6) is 0 Å². The van der Waals surface area contributed by atoms with Gasteiger partial charge in [-0.15, -0.1) is 11.3 Å². The smallest absolute Gasteiger partial charge is 0.316 e. The first-order chi connectivity index (χ1) is 10.9. The van der Waals surface area contributed by atoms with Gasteiger partial charge in [0, 0.05) is 17.8 Å². The lowest BCUT2D eigenvalue weighted by Crippen LogP contribution is -2.05. The molecule has 0 aliphatic rings. The zero-order valence-electron chi connectivity index (χ0n) is 11.9. The minimum atomic E-state index is -4.39. The van der Waals surface area contributed by atoms with Crippen LogP contribution < -0.4 is 5.32 Å². The summed E-state index contributed by atoms with van der Waals surface area (Å²) in [7, 11) is 0. The largest absolute Gasteiger partial charge is 0.417 e. The number of halogens is 3. The fraction of sp³-hybridized carbons (Fsp3) is 0.133. The van der Waals surface area contributed by atoms with Crippen molar-refractivity contribution < 1.29 is 13.2 Å². The average molecular weight is 336 g/mol. The van der Waals surface area contributed by atoms with Crippen LogP contribution in [-0.4, -0.2) is 15.0 Å². The molecule has 23 heavy (non-hydrogen) atoms. The summed E-state index contributed by atoms with van der Waals surface area (Å²) < 4.78 is 37.6. The van der Waals surface area contributed by atoms with Crippen molar-refractivity contribution in [2.24, 2.45) is 0 Å². The van der Waals surface area contributed by atoms with Crippen LogP contribution in [0.2, 0.25) is 0 Å². The third-order valence-corrected chi connectivity index (χ3v) is 3.85. The first-order valence-electron chi connectivity index (χ1n) is 6.61. The Balaban J connectivity index is 1.81. The topological polar surface area (TPSA) is 50.7 Å². The molecule has 3 aromatic heterocycles. The molecule has 3 rings (SSSR count). The number of hydrogen-bond donors (Lipinski definition) is 1. The summed E-state index contributed by atoms with van der Waals surface area (Å²) in [6.45, 7) is 1.92. The van der Waals surface area contributed by atoms with E-state index < -0.39 is 11.7 Å². The summed E-state index contributed by atoms with van der Waals surface area (Å²) in [5, 5.41) is 5.42. The van der Waals surface area contributed by atoms with Crippen molar-refractivity contribution in [2.75, 3.05) is 5.32 Å². The Morgan fingerprint density at radius 1 is 1.09 bits per heavy atom. The van der Waals surface area contributed by atoms with Gasteiger partial charge in [0.1, 0.15) is 11.5 Å². The number of aromatic nitrogens is 3. The van der Waals surface area contributed by atoms with Crippen LogP contribution in [0.1, 0.15) is 11.1 Å².